The predicted molar refractivity (Wildman–Crippen MR) is 66.1 cm³/mol. The van der Waals surface area contributed by atoms with E-state index in [1.54, 1.807) is 0 Å². The van der Waals surface area contributed by atoms with Gasteiger partial charge < -0.3 is 19.9 Å². The Labute approximate surface area is 109 Å². The fraction of sp³-hybridized carbons (Fsp3) is 0.364. The molecule has 104 valence electrons. The van der Waals surface area contributed by atoms with E-state index in [1.165, 1.54) is 7.11 Å². The maximum absolute atomic E-state index is 11.5. The van der Waals surface area contributed by atoms with E-state index in [4.69, 9.17) is 9.47 Å². The first kappa shape index (κ1) is 14.9. The van der Waals surface area contributed by atoms with Crippen LogP contribution in [0.15, 0.2) is 18.2 Å². The first-order chi connectivity index (χ1) is 9.04. The van der Waals surface area contributed by atoms with Crippen LogP contribution in [0, 0.1) is 10.1 Å². The molecule has 8 heteroatoms. The highest BCUT2D eigenvalue weighted by atomic mass is 16.6. The Morgan fingerprint density at radius 2 is 2.21 bits per heavy atom. The van der Waals surface area contributed by atoms with Crippen molar-refractivity contribution < 1.29 is 24.3 Å². The van der Waals surface area contributed by atoms with Crippen molar-refractivity contribution in [1.29, 1.82) is 0 Å². The quantitative estimate of drug-likeness (QED) is 0.329. The lowest BCUT2D eigenvalue weighted by atomic mass is 10.2. The van der Waals surface area contributed by atoms with Crippen molar-refractivity contribution >= 4 is 17.3 Å². The number of rotatable bonds is 7. The Morgan fingerprint density at radius 1 is 1.47 bits per heavy atom. The topological polar surface area (TPSA) is 111 Å². The number of nitrogens with one attached hydrogen (secondary N) is 1. The second-order valence-electron chi connectivity index (χ2n) is 3.55. The number of non-ortho nitro benzene ring substituents is 1. The number of nitro groups is 1. The molecule has 0 heterocycles. The van der Waals surface area contributed by atoms with Crippen molar-refractivity contribution in [2.75, 3.05) is 32.2 Å². The average Bonchev–Trinajstić information content (AvgIpc) is 2.37. The predicted octanol–water partition coefficient (Wildman–Crippen LogP) is 0.902. The van der Waals surface area contributed by atoms with Gasteiger partial charge in [0.25, 0.3) is 5.69 Å². The van der Waals surface area contributed by atoms with Crippen LogP contribution < -0.4 is 5.32 Å². The van der Waals surface area contributed by atoms with Crippen LogP contribution in [-0.4, -0.2) is 42.9 Å². The summed E-state index contributed by atoms with van der Waals surface area (Å²) in [6.07, 6.45) is 0. The number of aromatic hydroxyl groups is 1. The van der Waals surface area contributed by atoms with E-state index in [0.717, 1.165) is 18.2 Å². The summed E-state index contributed by atoms with van der Waals surface area (Å²) in [5.41, 5.74) is -0.261. The van der Waals surface area contributed by atoms with Crippen molar-refractivity contribution in [3.63, 3.8) is 0 Å². The zero-order valence-electron chi connectivity index (χ0n) is 10.3. The Balaban J connectivity index is 2.58. The van der Waals surface area contributed by atoms with Gasteiger partial charge in [-0.25, -0.2) is 0 Å². The molecule has 0 aliphatic carbocycles. The summed E-state index contributed by atoms with van der Waals surface area (Å²) in [5, 5.41) is 22.4. The van der Waals surface area contributed by atoms with Crippen LogP contribution in [0.25, 0.3) is 0 Å². The summed E-state index contributed by atoms with van der Waals surface area (Å²) >= 11 is 0. The Bertz CT molecular complexity index is 462. The standard InChI is InChI=1S/C11H14N2O6/c1-18-4-5-19-7-11(15)12-9-6-8(13(16)17)2-3-10(9)14/h2-3,6,14H,4-5,7H2,1H3,(H,12,15). The fourth-order valence-electron chi connectivity index (χ4n) is 1.23. The molecule has 1 aromatic carbocycles. The Hall–Kier alpha value is -2.19. The fourth-order valence-corrected chi connectivity index (χ4v) is 1.23. The zero-order valence-corrected chi connectivity index (χ0v) is 10.3. The number of phenols is 1. The molecule has 2 N–H and O–H groups in total. The highest BCUT2D eigenvalue weighted by molar-refractivity contribution is 5.93. The molecule has 0 aliphatic rings. The summed E-state index contributed by atoms with van der Waals surface area (Å²) in [5.74, 6) is -0.775. The molecule has 0 atom stereocenters. The summed E-state index contributed by atoms with van der Waals surface area (Å²) in [6.45, 7) is 0.381. The van der Waals surface area contributed by atoms with Gasteiger partial charge in [0.2, 0.25) is 5.91 Å². The molecule has 0 spiro atoms. The summed E-state index contributed by atoms with van der Waals surface area (Å²) in [6, 6.07) is 3.35. The summed E-state index contributed by atoms with van der Waals surface area (Å²) in [4.78, 5) is 21.4. The number of phenolic OH excluding ortho intramolecular Hbond substituents is 1. The smallest absolute Gasteiger partial charge is 0.271 e. The van der Waals surface area contributed by atoms with Crippen molar-refractivity contribution in [1.82, 2.24) is 0 Å². The van der Waals surface area contributed by atoms with E-state index in [2.05, 4.69) is 5.32 Å². The number of anilines is 1. The molecule has 0 aromatic heterocycles. The van der Waals surface area contributed by atoms with Crippen molar-refractivity contribution in [3.05, 3.63) is 28.3 Å². The van der Waals surface area contributed by atoms with Gasteiger partial charge in [0.1, 0.15) is 12.4 Å². The number of hydrogen-bond donors (Lipinski definition) is 2. The maximum Gasteiger partial charge on any atom is 0.271 e. The number of amides is 1. The Morgan fingerprint density at radius 3 is 2.84 bits per heavy atom. The molecule has 1 rings (SSSR count). The minimum absolute atomic E-state index is 0.0328. The number of benzene rings is 1. The lowest BCUT2D eigenvalue weighted by molar-refractivity contribution is -0.384. The van der Waals surface area contributed by atoms with Gasteiger partial charge >= 0.3 is 0 Å². The molecule has 0 saturated carbocycles. The second-order valence-corrected chi connectivity index (χ2v) is 3.55. The highest BCUT2D eigenvalue weighted by Gasteiger charge is 2.12. The lowest BCUT2D eigenvalue weighted by Gasteiger charge is -2.07. The molecule has 19 heavy (non-hydrogen) atoms. The van der Waals surface area contributed by atoms with Gasteiger partial charge in [-0.3, -0.25) is 14.9 Å². The molecule has 0 saturated heterocycles. The molecule has 0 bridgehead atoms. The zero-order chi connectivity index (χ0) is 14.3. The number of nitrogens with zero attached hydrogens (tertiary/aromatic N) is 1. The van der Waals surface area contributed by atoms with Gasteiger partial charge in [-0.15, -0.1) is 0 Å². The van der Waals surface area contributed by atoms with Crippen LogP contribution in [0.1, 0.15) is 0 Å². The molecule has 1 amide bonds. The van der Waals surface area contributed by atoms with Crippen LogP contribution in [0.5, 0.6) is 5.75 Å². The van der Waals surface area contributed by atoms with Crippen LogP contribution >= 0.6 is 0 Å². The number of ether oxygens (including phenoxy) is 2. The van der Waals surface area contributed by atoms with Gasteiger partial charge in [-0.2, -0.15) is 0 Å². The van der Waals surface area contributed by atoms with E-state index < -0.39 is 10.8 Å². The third-order valence-electron chi connectivity index (χ3n) is 2.13. The number of nitro benzene ring substituents is 1. The van der Waals surface area contributed by atoms with Crippen LogP contribution in [0.3, 0.4) is 0 Å². The van der Waals surface area contributed by atoms with E-state index in [0.29, 0.717) is 6.61 Å². The van der Waals surface area contributed by atoms with Crippen LogP contribution in [0.4, 0.5) is 11.4 Å². The SMILES string of the molecule is COCCOCC(=O)Nc1cc([N+](=O)[O-])ccc1O. The van der Waals surface area contributed by atoms with E-state index in [9.17, 15) is 20.0 Å². The monoisotopic (exact) mass is 270 g/mol. The van der Waals surface area contributed by atoms with Crippen molar-refractivity contribution in [2.45, 2.75) is 0 Å². The van der Waals surface area contributed by atoms with Crippen LogP contribution in [-0.2, 0) is 14.3 Å². The molecule has 0 aliphatic heterocycles. The molecule has 8 nitrogen and oxygen atoms in total. The first-order valence-corrected chi connectivity index (χ1v) is 5.38. The van der Waals surface area contributed by atoms with Crippen molar-refractivity contribution in [3.8, 4) is 5.75 Å². The second kappa shape index (κ2) is 7.29. The minimum Gasteiger partial charge on any atom is -0.506 e. The van der Waals surface area contributed by atoms with Gasteiger partial charge in [0, 0.05) is 19.2 Å². The Kier molecular flexibility index (Phi) is 5.71. The molecular weight excluding hydrogens is 256 g/mol. The normalized spacial score (nSPS) is 10.2. The van der Waals surface area contributed by atoms with Gasteiger partial charge in [-0.1, -0.05) is 0 Å². The van der Waals surface area contributed by atoms with E-state index >= 15 is 0 Å². The number of carbonyl (C=O) groups is 1. The molecule has 0 fully saturated rings. The molecular formula is C11H14N2O6. The largest absolute Gasteiger partial charge is 0.506 e. The first-order valence-electron chi connectivity index (χ1n) is 5.38. The van der Waals surface area contributed by atoms with Gasteiger partial charge in [0.05, 0.1) is 23.8 Å². The minimum atomic E-state index is -0.621. The molecule has 0 unspecified atom stereocenters. The van der Waals surface area contributed by atoms with E-state index in [1.807, 2.05) is 0 Å². The van der Waals surface area contributed by atoms with Gasteiger partial charge in [0.15, 0.2) is 0 Å². The van der Waals surface area contributed by atoms with Crippen molar-refractivity contribution in [2.24, 2.45) is 0 Å². The third-order valence-corrected chi connectivity index (χ3v) is 2.13. The summed E-state index contributed by atoms with van der Waals surface area (Å²) in [7, 11) is 1.50. The molecule has 0 radical (unpaired) electrons. The van der Waals surface area contributed by atoms with Crippen LogP contribution in [0.2, 0.25) is 0 Å². The third kappa shape index (κ3) is 4.90. The maximum atomic E-state index is 11.5. The number of carbonyl (C=O) groups excluding carboxylic acids is 1. The number of methoxy groups -OCH3 is 1. The number of hydrogen-bond acceptors (Lipinski definition) is 6. The lowest BCUT2D eigenvalue weighted by Crippen LogP contribution is -2.19. The average molecular weight is 270 g/mol. The van der Waals surface area contributed by atoms with Gasteiger partial charge in [-0.05, 0) is 6.07 Å². The molecule has 1 aromatic rings. The highest BCUT2D eigenvalue weighted by Crippen LogP contribution is 2.27. The van der Waals surface area contributed by atoms with E-state index in [-0.39, 0.29) is 30.3 Å². The summed E-state index contributed by atoms with van der Waals surface area (Å²) < 4.78 is 9.70.